The molecule has 13 heteroatoms. The Bertz CT molecular complexity index is 1000. The molecule has 0 spiro atoms. The van der Waals surface area contributed by atoms with Crippen LogP contribution in [0.25, 0.3) is 0 Å². The zero-order chi connectivity index (χ0) is 23.8. The average molecular weight is 501 g/mol. The molecule has 2 amide bonds. The maximum Gasteiger partial charge on any atom is 0.348 e. The van der Waals surface area contributed by atoms with Crippen LogP contribution in [0.15, 0.2) is 4.34 Å². The molecule has 0 saturated heterocycles. The number of aromatic nitrogens is 2. The van der Waals surface area contributed by atoms with Gasteiger partial charge in [-0.2, -0.15) is 0 Å². The van der Waals surface area contributed by atoms with Crippen LogP contribution in [0.2, 0.25) is 0 Å². The van der Waals surface area contributed by atoms with Crippen molar-refractivity contribution < 1.29 is 28.7 Å². The highest BCUT2D eigenvalue weighted by Crippen LogP contribution is 2.35. The highest BCUT2D eigenvalue weighted by atomic mass is 32.2. The number of hydrogen-bond donors (Lipinski definition) is 2. The summed E-state index contributed by atoms with van der Waals surface area (Å²) < 4.78 is 10.6. The largest absolute Gasteiger partial charge is 0.462 e. The second-order valence-corrected chi connectivity index (χ2v) is 9.78. The van der Waals surface area contributed by atoms with Crippen LogP contribution < -0.4 is 10.6 Å². The zero-order valence-corrected chi connectivity index (χ0v) is 20.7. The summed E-state index contributed by atoms with van der Waals surface area (Å²) in [7, 11) is 0. The van der Waals surface area contributed by atoms with Gasteiger partial charge in [-0.3, -0.25) is 9.59 Å². The number of amides is 2. The summed E-state index contributed by atoms with van der Waals surface area (Å²) in [6.07, 6.45) is 0. The molecule has 32 heavy (non-hydrogen) atoms. The monoisotopic (exact) mass is 500 g/mol. The van der Waals surface area contributed by atoms with Gasteiger partial charge in [-0.1, -0.05) is 36.9 Å². The molecule has 2 N–H and O–H groups in total. The number of ether oxygens (including phenoxy) is 2. The van der Waals surface area contributed by atoms with E-state index in [1.807, 2.05) is 0 Å². The van der Waals surface area contributed by atoms with Crippen molar-refractivity contribution in [2.75, 3.05) is 29.6 Å². The Balaban J connectivity index is 2.09. The van der Waals surface area contributed by atoms with E-state index in [0.29, 0.717) is 15.0 Å². The predicted molar refractivity (Wildman–Crippen MR) is 124 cm³/mol. The van der Waals surface area contributed by atoms with Crippen LogP contribution in [0, 0.1) is 12.8 Å². The highest BCUT2D eigenvalue weighted by Gasteiger charge is 2.27. The van der Waals surface area contributed by atoms with Crippen molar-refractivity contribution in [3.63, 3.8) is 0 Å². The highest BCUT2D eigenvalue weighted by molar-refractivity contribution is 8.01. The number of anilines is 2. The van der Waals surface area contributed by atoms with Gasteiger partial charge < -0.3 is 20.1 Å². The molecule has 0 atom stereocenters. The van der Waals surface area contributed by atoms with Crippen molar-refractivity contribution >= 4 is 68.3 Å². The Morgan fingerprint density at radius 3 is 2.28 bits per heavy atom. The Morgan fingerprint density at radius 2 is 1.66 bits per heavy atom. The lowest BCUT2D eigenvalue weighted by Crippen LogP contribution is -2.17. The number of nitrogens with one attached hydrogen (secondary N) is 2. The number of rotatable bonds is 10. The first-order chi connectivity index (χ1) is 15.2. The molecule has 10 nitrogen and oxygen atoms in total. The Kier molecular flexibility index (Phi) is 9.60. The van der Waals surface area contributed by atoms with Gasteiger partial charge in [-0.15, -0.1) is 21.5 Å². The third-order valence-corrected chi connectivity index (χ3v) is 6.99. The van der Waals surface area contributed by atoms with Crippen molar-refractivity contribution in [3.8, 4) is 0 Å². The summed E-state index contributed by atoms with van der Waals surface area (Å²) >= 11 is 3.25. The fraction of sp³-hybridized carbons (Fsp3) is 0.474. The number of thiophene rings is 1. The SMILES string of the molecule is CCOC(=O)c1sc(NC(=O)CSc2nnc(NC(=O)C(C)C)s2)c(C(=O)OCC)c1C. The van der Waals surface area contributed by atoms with E-state index >= 15 is 0 Å². The van der Waals surface area contributed by atoms with Crippen molar-refractivity contribution in [3.05, 3.63) is 16.0 Å². The lowest BCUT2D eigenvalue weighted by atomic mass is 10.1. The molecule has 0 aliphatic rings. The molecule has 0 radical (unpaired) electrons. The molecule has 0 bridgehead atoms. The third-order valence-electron chi connectivity index (χ3n) is 3.83. The van der Waals surface area contributed by atoms with Crippen molar-refractivity contribution in [2.24, 2.45) is 5.92 Å². The van der Waals surface area contributed by atoms with E-state index in [0.717, 1.165) is 34.4 Å². The third kappa shape index (κ3) is 6.74. The second kappa shape index (κ2) is 11.9. The van der Waals surface area contributed by atoms with E-state index in [-0.39, 0.29) is 46.2 Å². The number of carbonyl (C=O) groups excluding carboxylic acids is 4. The van der Waals surface area contributed by atoms with E-state index in [9.17, 15) is 19.2 Å². The summed E-state index contributed by atoms with van der Waals surface area (Å²) in [5, 5.41) is 13.7. The van der Waals surface area contributed by atoms with Gasteiger partial charge in [-0.05, 0) is 26.3 Å². The van der Waals surface area contributed by atoms with Crippen molar-refractivity contribution in [1.82, 2.24) is 10.2 Å². The normalized spacial score (nSPS) is 10.7. The van der Waals surface area contributed by atoms with E-state index in [1.54, 1.807) is 34.6 Å². The van der Waals surface area contributed by atoms with E-state index in [1.165, 1.54) is 0 Å². The molecule has 0 aliphatic carbocycles. The molecule has 0 fully saturated rings. The number of esters is 2. The molecule has 0 unspecified atom stereocenters. The van der Waals surface area contributed by atoms with E-state index in [4.69, 9.17) is 9.47 Å². The Morgan fingerprint density at radius 1 is 1.00 bits per heavy atom. The van der Waals surface area contributed by atoms with Crippen LogP contribution in [-0.4, -0.2) is 52.9 Å². The predicted octanol–water partition coefficient (Wildman–Crippen LogP) is 3.59. The summed E-state index contributed by atoms with van der Waals surface area (Å²) in [5.41, 5.74) is 0.525. The Labute approximate surface area is 197 Å². The van der Waals surface area contributed by atoms with Crippen molar-refractivity contribution in [1.29, 1.82) is 0 Å². The van der Waals surface area contributed by atoms with Crippen LogP contribution in [0.3, 0.4) is 0 Å². The molecule has 0 aliphatic heterocycles. The molecular formula is C19H24N4O6S3. The molecule has 0 saturated carbocycles. The van der Waals surface area contributed by atoms with Gasteiger partial charge in [0, 0.05) is 5.92 Å². The maximum atomic E-state index is 12.5. The fourth-order valence-electron chi connectivity index (χ4n) is 2.30. The standard InChI is InChI=1S/C19H24N4O6S3/c1-6-28-16(26)12-10(5)13(17(27)29-7-2)31-15(12)20-11(24)8-30-19-23-22-18(32-19)21-14(25)9(3)4/h9H,6-8H2,1-5H3,(H,20,24)(H,21,22,25). The lowest BCUT2D eigenvalue weighted by Gasteiger charge is -2.06. The maximum absolute atomic E-state index is 12.5. The first-order valence-corrected chi connectivity index (χ1v) is 12.3. The van der Waals surface area contributed by atoms with Gasteiger partial charge in [0.2, 0.25) is 16.9 Å². The van der Waals surface area contributed by atoms with Gasteiger partial charge in [0.15, 0.2) is 4.34 Å². The van der Waals surface area contributed by atoms with Gasteiger partial charge in [0.05, 0.1) is 24.5 Å². The molecule has 2 rings (SSSR count). The van der Waals surface area contributed by atoms with Crippen LogP contribution in [-0.2, 0) is 19.1 Å². The first-order valence-electron chi connectivity index (χ1n) is 9.72. The van der Waals surface area contributed by atoms with Gasteiger partial charge in [0.1, 0.15) is 9.88 Å². The smallest absolute Gasteiger partial charge is 0.348 e. The topological polar surface area (TPSA) is 137 Å². The first kappa shape index (κ1) is 25.7. The molecule has 0 aromatic carbocycles. The van der Waals surface area contributed by atoms with Gasteiger partial charge >= 0.3 is 11.9 Å². The van der Waals surface area contributed by atoms with Crippen LogP contribution in [0.5, 0.6) is 0 Å². The lowest BCUT2D eigenvalue weighted by molar-refractivity contribution is -0.119. The summed E-state index contributed by atoms with van der Waals surface area (Å²) in [5.74, 6) is -1.98. The number of hydrogen-bond acceptors (Lipinski definition) is 11. The van der Waals surface area contributed by atoms with Gasteiger partial charge in [0.25, 0.3) is 0 Å². The fourth-order valence-corrected chi connectivity index (χ4v) is 4.96. The van der Waals surface area contributed by atoms with Gasteiger partial charge in [-0.25, -0.2) is 9.59 Å². The Hall–Kier alpha value is -2.51. The minimum Gasteiger partial charge on any atom is -0.462 e. The molecule has 174 valence electrons. The summed E-state index contributed by atoms with van der Waals surface area (Å²) in [4.78, 5) is 49.1. The zero-order valence-electron chi connectivity index (χ0n) is 18.3. The van der Waals surface area contributed by atoms with Crippen LogP contribution in [0.1, 0.15) is 53.3 Å². The minimum absolute atomic E-state index is 0.0132. The summed E-state index contributed by atoms with van der Waals surface area (Å²) in [6, 6.07) is 0. The second-order valence-electron chi connectivity index (χ2n) is 6.56. The average Bonchev–Trinajstić information content (AvgIpc) is 3.30. The molecule has 2 aromatic heterocycles. The van der Waals surface area contributed by atoms with E-state index in [2.05, 4.69) is 20.8 Å². The van der Waals surface area contributed by atoms with E-state index < -0.39 is 17.8 Å². The minimum atomic E-state index is -0.630. The van der Waals surface area contributed by atoms with Crippen molar-refractivity contribution in [2.45, 2.75) is 39.0 Å². The number of thioether (sulfide) groups is 1. The van der Waals surface area contributed by atoms with Crippen LogP contribution in [0.4, 0.5) is 10.1 Å². The molecule has 2 heterocycles. The summed E-state index contributed by atoms with van der Waals surface area (Å²) in [6.45, 7) is 8.82. The quantitative estimate of drug-likeness (QED) is 0.285. The number of carbonyl (C=O) groups is 4. The molecule has 2 aromatic rings. The number of nitrogens with zero attached hydrogens (tertiary/aromatic N) is 2. The van der Waals surface area contributed by atoms with Crippen LogP contribution >= 0.6 is 34.4 Å². The molecular weight excluding hydrogens is 476 g/mol.